The second-order valence-electron chi connectivity index (χ2n) is 4.93. The third-order valence-corrected chi connectivity index (χ3v) is 3.59. The van der Waals surface area contributed by atoms with Crippen LogP contribution in [0.15, 0.2) is 35.4 Å². The Morgan fingerprint density at radius 1 is 1.14 bits per heavy atom. The molecule has 2 saturated heterocycles. The van der Waals surface area contributed by atoms with Gasteiger partial charge in [0.25, 0.3) is 0 Å². The van der Waals surface area contributed by atoms with Gasteiger partial charge in [0.05, 0.1) is 6.61 Å². The van der Waals surface area contributed by atoms with Crippen LogP contribution in [0, 0.1) is 0 Å². The lowest BCUT2D eigenvalue weighted by atomic mass is 9.97. The standard InChI is InChI=1S/C13H15N3O5/c14-16-15-12-10(18)9(17)11-8(20-12)6-19-13(21-11)7-4-2-1-3-5-7/h1-5,8-13,17-18H,6H2/t8-,9-,10-,11+,12?,13?/m1/s1. The Morgan fingerprint density at radius 3 is 2.62 bits per heavy atom. The molecule has 3 rings (SSSR count). The van der Waals surface area contributed by atoms with Crippen molar-refractivity contribution in [1.29, 1.82) is 0 Å². The van der Waals surface area contributed by atoms with Crippen LogP contribution >= 0.6 is 0 Å². The van der Waals surface area contributed by atoms with Crippen LogP contribution in [0.1, 0.15) is 11.9 Å². The number of aliphatic hydroxyl groups excluding tert-OH is 2. The van der Waals surface area contributed by atoms with Crippen molar-refractivity contribution in [2.24, 2.45) is 5.11 Å². The van der Waals surface area contributed by atoms with Gasteiger partial charge in [0, 0.05) is 10.5 Å². The molecule has 1 aromatic carbocycles. The van der Waals surface area contributed by atoms with Gasteiger partial charge in [-0.2, -0.15) is 0 Å². The Bertz CT molecular complexity index is 534. The molecule has 2 unspecified atom stereocenters. The normalized spacial score (nSPS) is 39.1. The number of rotatable bonds is 2. The molecule has 1 aromatic rings. The van der Waals surface area contributed by atoms with E-state index >= 15 is 0 Å². The molecule has 2 aliphatic heterocycles. The van der Waals surface area contributed by atoms with E-state index in [4.69, 9.17) is 19.7 Å². The van der Waals surface area contributed by atoms with Crippen LogP contribution in [0.3, 0.4) is 0 Å². The third kappa shape index (κ3) is 2.73. The molecule has 2 N–H and O–H groups in total. The van der Waals surface area contributed by atoms with Crippen LogP contribution in [-0.2, 0) is 14.2 Å². The van der Waals surface area contributed by atoms with Gasteiger partial charge in [-0.05, 0) is 5.53 Å². The van der Waals surface area contributed by atoms with Crippen LogP contribution in [0.5, 0.6) is 0 Å². The lowest BCUT2D eigenvalue weighted by Crippen LogP contribution is -2.61. The number of hydrogen-bond acceptors (Lipinski definition) is 6. The molecule has 8 heteroatoms. The molecule has 2 aliphatic rings. The van der Waals surface area contributed by atoms with Crippen molar-refractivity contribution in [3.63, 3.8) is 0 Å². The number of hydrogen-bond donors (Lipinski definition) is 2. The zero-order valence-electron chi connectivity index (χ0n) is 11.0. The van der Waals surface area contributed by atoms with E-state index in [9.17, 15) is 10.2 Å². The van der Waals surface area contributed by atoms with Gasteiger partial charge < -0.3 is 24.4 Å². The van der Waals surface area contributed by atoms with Crippen molar-refractivity contribution >= 4 is 0 Å². The predicted molar refractivity (Wildman–Crippen MR) is 69.8 cm³/mol. The Hall–Kier alpha value is -1.67. The lowest BCUT2D eigenvalue weighted by molar-refractivity contribution is -0.327. The quantitative estimate of drug-likeness (QED) is 0.476. The SMILES string of the molecule is [N-]=[N+]=NC1O[C@@H]2COC(c3ccccc3)O[C@@H]2[C@H](O)[C@H]1O. The van der Waals surface area contributed by atoms with E-state index in [1.54, 1.807) is 0 Å². The van der Waals surface area contributed by atoms with Crippen molar-refractivity contribution in [3.05, 3.63) is 46.3 Å². The van der Waals surface area contributed by atoms with Crippen molar-refractivity contribution < 1.29 is 24.4 Å². The Morgan fingerprint density at radius 2 is 1.90 bits per heavy atom. The average molecular weight is 293 g/mol. The minimum atomic E-state index is -1.34. The van der Waals surface area contributed by atoms with Crippen LogP contribution in [0.4, 0.5) is 0 Å². The molecule has 0 aliphatic carbocycles. The molecule has 0 bridgehead atoms. The monoisotopic (exact) mass is 293 g/mol. The second kappa shape index (κ2) is 5.98. The van der Waals surface area contributed by atoms with E-state index in [1.165, 1.54) is 0 Å². The summed E-state index contributed by atoms with van der Waals surface area (Å²) in [5.41, 5.74) is 9.25. The third-order valence-electron chi connectivity index (χ3n) is 3.59. The van der Waals surface area contributed by atoms with E-state index in [2.05, 4.69) is 10.0 Å². The molecule has 6 atom stereocenters. The van der Waals surface area contributed by atoms with Gasteiger partial charge in [0.15, 0.2) is 12.5 Å². The number of fused-ring (bicyclic) bond motifs is 1. The maximum atomic E-state index is 10.1. The fraction of sp³-hybridized carbons (Fsp3) is 0.538. The predicted octanol–water partition coefficient (Wildman–Crippen LogP) is 0.858. The van der Waals surface area contributed by atoms with Crippen LogP contribution in [0.25, 0.3) is 10.4 Å². The molecular weight excluding hydrogens is 278 g/mol. The Balaban J connectivity index is 1.76. The number of benzene rings is 1. The fourth-order valence-corrected chi connectivity index (χ4v) is 2.52. The minimum Gasteiger partial charge on any atom is -0.387 e. The van der Waals surface area contributed by atoms with Gasteiger partial charge in [0.2, 0.25) is 0 Å². The molecule has 0 amide bonds. The zero-order valence-corrected chi connectivity index (χ0v) is 11.0. The Labute approximate surface area is 120 Å². The lowest BCUT2D eigenvalue weighted by Gasteiger charge is -2.45. The molecule has 0 saturated carbocycles. The molecule has 8 nitrogen and oxygen atoms in total. The number of nitrogens with zero attached hydrogens (tertiary/aromatic N) is 3. The molecule has 0 spiro atoms. The van der Waals surface area contributed by atoms with Crippen LogP contribution in [0.2, 0.25) is 0 Å². The fourth-order valence-electron chi connectivity index (χ4n) is 2.52. The number of aliphatic hydroxyl groups is 2. The minimum absolute atomic E-state index is 0.172. The summed E-state index contributed by atoms with van der Waals surface area (Å²) in [5.74, 6) is 0. The number of azide groups is 1. The molecule has 0 aromatic heterocycles. The highest BCUT2D eigenvalue weighted by Crippen LogP contribution is 2.34. The summed E-state index contributed by atoms with van der Waals surface area (Å²) in [7, 11) is 0. The largest absolute Gasteiger partial charge is 0.387 e. The number of ether oxygens (including phenoxy) is 3. The van der Waals surface area contributed by atoms with E-state index in [0.717, 1.165) is 5.56 Å². The smallest absolute Gasteiger partial charge is 0.184 e. The summed E-state index contributed by atoms with van der Waals surface area (Å²) >= 11 is 0. The van der Waals surface area contributed by atoms with Gasteiger partial charge in [-0.1, -0.05) is 35.4 Å². The molecule has 2 heterocycles. The summed E-state index contributed by atoms with van der Waals surface area (Å²) in [4.78, 5) is 2.59. The van der Waals surface area contributed by atoms with Gasteiger partial charge in [-0.3, -0.25) is 0 Å². The first-order valence-corrected chi connectivity index (χ1v) is 6.58. The van der Waals surface area contributed by atoms with Crippen molar-refractivity contribution in [2.75, 3.05) is 6.61 Å². The zero-order chi connectivity index (χ0) is 14.8. The summed E-state index contributed by atoms with van der Waals surface area (Å²) in [6.45, 7) is 0.172. The van der Waals surface area contributed by atoms with E-state index in [0.29, 0.717) is 0 Å². The Kier molecular flexibility index (Phi) is 4.07. The first kappa shape index (κ1) is 14.3. The average Bonchev–Trinajstić information content (AvgIpc) is 2.53. The van der Waals surface area contributed by atoms with Gasteiger partial charge >= 0.3 is 0 Å². The van der Waals surface area contributed by atoms with E-state index < -0.39 is 36.9 Å². The highest BCUT2D eigenvalue weighted by Gasteiger charge is 2.48. The summed E-state index contributed by atoms with van der Waals surface area (Å²) in [6, 6.07) is 9.28. The van der Waals surface area contributed by atoms with Gasteiger partial charge in [-0.25, -0.2) is 0 Å². The molecular formula is C13H15N3O5. The molecule has 0 radical (unpaired) electrons. The van der Waals surface area contributed by atoms with E-state index in [-0.39, 0.29) is 6.61 Å². The van der Waals surface area contributed by atoms with Crippen molar-refractivity contribution in [2.45, 2.75) is 36.9 Å². The van der Waals surface area contributed by atoms with Crippen molar-refractivity contribution in [1.82, 2.24) is 0 Å². The maximum absolute atomic E-state index is 10.1. The molecule has 112 valence electrons. The maximum Gasteiger partial charge on any atom is 0.184 e. The first-order chi connectivity index (χ1) is 10.2. The topological polar surface area (TPSA) is 117 Å². The van der Waals surface area contributed by atoms with Crippen LogP contribution < -0.4 is 0 Å². The molecule has 2 fully saturated rings. The highest BCUT2D eigenvalue weighted by atomic mass is 16.7. The van der Waals surface area contributed by atoms with Gasteiger partial charge in [0.1, 0.15) is 24.4 Å². The summed E-state index contributed by atoms with van der Waals surface area (Å²) < 4.78 is 16.7. The van der Waals surface area contributed by atoms with E-state index in [1.807, 2.05) is 30.3 Å². The van der Waals surface area contributed by atoms with Gasteiger partial charge in [-0.15, -0.1) is 0 Å². The van der Waals surface area contributed by atoms with Crippen molar-refractivity contribution in [3.8, 4) is 0 Å². The summed E-state index contributed by atoms with van der Waals surface area (Å²) in [6.07, 6.45) is -5.67. The molecule has 21 heavy (non-hydrogen) atoms. The summed E-state index contributed by atoms with van der Waals surface area (Å²) in [5, 5.41) is 23.4. The first-order valence-electron chi connectivity index (χ1n) is 6.58. The highest BCUT2D eigenvalue weighted by molar-refractivity contribution is 5.16. The van der Waals surface area contributed by atoms with Crippen LogP contribution in [-0.4, -0.2) is 47.5 Å². The second-order valence-corrected chi connectivity index (χ2v) is 4.93.